The number of methoxy groups -OCH3 is 1. The van der Waals surface area contributed by atoms with Gasteiger partial charge >= 0.3 is 12.1 Å². The predicted molar refractivity (Wildman–Crippen MR) is 94.6 cm³/mol. The number of β-lactam (4-membered cyclic amide) rings is 1. The molecule has 3 rings (SSSR count). The van der Waals surface area contributed by atoms with Gasteiger partial charge in [-0.25, -0.2) is 9.59 Å². The number of rotatable bonds is 6. The van der Waals surface area contributed by atoms with Crippen LogP contribution in [0.3, 0.4) is 0 Å². The molecule has 0 aromatic heterocycles. The topological polar surface area (TPSA) is 112 Å². The van der Waals surface area contributed by atoms with E-state index in [2.05, 4.69) is 4.74 Å². The fraction of sp³-hybridized carbons (Fsp3) is 0.737. The number of esters is 1. The van der Waals surface area contributed by atoms with Crippen molar-refractivity contribution in [3.8, 4) is 0 Å². The predicted octanol–water partition coefficient (Wildman–Crippen LogP) is 1.34. The van der Waals surface area contributed by atoms with Crippen LogP contribution in [0.4, 0.5) is 4.79 Å². The number of carbonyl (C=O) groups excluding carboxylic acids is 3. The first kappa shape index (κ1) is 20.6. The van der Waals surface area contributed by atoms with Crippen LogP contribution in [0.5, 0.6) is 0 Å². The summed E-state index contributed by atoms with van der Waals surface area (Å²) in [7, 11) is 1.57. The van der Waals surface area contributed by atoms with Crippen molar-refractivity contribution in [2.75, 3.05) is 13.7 Å². The molecular weight excluding hydrogens is 370 g/mol. The van der Waals surface area contributed by atoms with Gasteiger partial charge in [0.1, 0.15) is 5.70 Å². The molecule has 0 bridgehead atoms. The van der Waals surface area contributed by atoms with E-state index >= 15 is 0 Å². The Bertz CT molecular complexity index is 687. The molecule has 1 saturated carbocycles. The van der Waals surface area contributed by atoms with E-state index in [4.69, 9.17) is 14.2 Å². The summed E-state index contributed by atoms with van der Waals surface area (Å²) in [6.45, 7) is 4.75. The van der Waals surface area contributed by atoms with E-state index in [0.29, 0.717) is 0 Å². The highest BCUT2D eigenvalue weighted by Crippen LogP contribution is 2.52. The summed E-state index contributed by atoms with van der Waals surface area (Å²) in [4.78, 5) is 38.4. The minimum atomic E-state index is -1.18. The van der Waals surface area contributed by atoms with Gasteiger partial charge in [-0.3, -0.25) is 4.79 Å². The number of carbonyl (C=O) groups is 3. The first-order valence-electron chi connectivity index (χ1n) is 9.64. The molecule has 6 atom stereocenters. The van der Waals surface area contributed by atoms with Crippen molar-refractivity contribution in [1.29, 1.82) is 0 Å². The summed E-state index contributed by atoms with van der Waals surface area (Å²) in [6.07, 6.45) is -0.770. The van der Waals surface area contributed by atoms with Crippen LogP contribution in [0.1, 0.15) is 40.0 Å². The lowest BCUT2D eigenvalue weighted by Gasteiger charge is -2.47. The van der Waals surface area contributed by atoms with Crippen LogP contribution in [0, 0.1) is 11.8 Å². The van der Waals surface area contributed by atoms with Gasteiger partial charge < -0.3 is 29.0 Å². The molecule has 6 unspecified atom stereocenters. The highest BCUT2D eigenvalue weighted by atomic mass is 16.8. The highest BCUT2D eigenvalue weighted by molar-refractivity contribution is 6.01. The van der Waals surface area contributed by atoms with Crippen LogP contribution < -0.4 is 0 Å². The Morgan fingerprint density at radius 3 is 2.57 bits per heavy atom. The maximum absolute atomic E-state index is 12.9. The van der Waals surface area contributed by atoms with Crippen LogP contribution >= 0.6 is 0 Å². The molecule has 2 aliphatic heterocycles. The maximum atomic E-state index is 12.9. The minimum Gasteiger partial charge on any atom is -0.435 e. The van der Waals surface area contributed by atoms with Crippen molar-refractivity contribution in [3.63, 3.8) is 0 Å². The van der Waals surface area contributed by atoms with Gasteiger partial charge in [0.2, 0.25) is 12.2 Å². The number of fused-ring (bicyclic) bond motifs is 3. The molecule has 2 fully saturated rings. The lowest BCUT2D eigenvalue weighted by molar-refractivity contribution is -0.173. The first-order chi connectivity index (χ1) is 13.3. The highest BCUT2D eigenvalue weighted by Gasteiger charge is 2.62. The van der Waals surface area contributed by atoms with E-state index in [-0.39, 0.29) is 36.3 Å². The summed E-state index contributed by atoms with van der Waals surface area (Å²) in [5.74, 6) is -1.66. The second-order valence-corrected chi connectivity index (χ2v) is 7.30. The van der Waals surface area contributed by atoms with Gasteiger partial charge in [0.05, 0.1) is 30.8 Å². The largest absolute Gasteiger partial charge is 0.511 e. The lowest BCUT2D eigenvalue weighted by atomic mass is 9.72. The SMILES string of the molecule is CCOC(=O)OC(C)OC(=O)C1=C2C(OC)CCCC2C2C(C(C)O)C(=O)N12. The smallest absolute Gasteiger partial charge is 0.435 e. The average molecular weight is 397 g/mol. The number of aliphatic hydroxyl groups is 1. The van der Waals surface area contributed by atoms with Crippen molar-refractivity contribution in [1.82, 2.24) is 4.90 Å². The minimum absolute atomic E-state index is 0.0557. The Hall–Kier alpha value is -2.13. The molecule has 28 heavy (non-hydrogen) atoms. The number of nitrogens with zero attached hydrogens (tertiary/aromatic N) is 1. The van der Waals surface area contributed by atoms with Crippen molar-refractivity contribution in [3.05, 3.63) is 11.3 Å². The van der Waals surface area contributed by atoms with E-state index in [1.807, 2.05) is 0 Å². The molecule has 3 aliphatic rings. The molecule has 0 spiro atoms. The van der Waals surface area contributed by atoms with Crippen LogP contribution in [0.2, 0.25) is 0 Å². The zero-order valence-corrected chi connectivity index (χ0v) is 16.5. The van der Waals surface area contributed by atoms with E-state index < -0.39 is 30.4 Å². The van der Waals surface area contributed by atoms with Gasteiger partial charge in [-0.1, -0.05) is 0 Å². The molecule has 156 valence electrons. The molecule has 1 aliphatic carbocycles. The summed E-state index contributed by atoms with van der Waals surface area (Å²) >= 11 is 0. The van der Waals surface area contributed by atoms with E-state index in [0.717, 1.165) is 24.8 Å². The molecule has 0 aromatic carbocycles. The van der Waals surface area contributed by atoms with Gasteiger partial charge in [-0.2, -0.15) is 0 Å². The van der Waals surface area contributed by atoms with Gasteiger partial charge in [0.15, 0.2) is 0 Å². The molecular formula is C19H27NO8. The van der Waals surface area contributed by atoms with E-state index in [9.17, 15) is 19.5 Å². The molecule has 9 heteroatoms. The van der Waals surface area contributed by atoms with Crippen LogP contribution in [-0.4, -0.2) is 66.3 Å². The second-order valence-electron chi connectivity index (χ2n) is 7.30. The first-order valence-corrected chi connectivity index (χ1v) is 9.64. The zero-order valence-electron chi connectivity index (χ0n) is 16.5. The Morgan fingerprint density at radius 1 is 1.25 bits per heavy atom. The molecule has 1 amide bonds. The molecule has 2 heterocycles. The van der Waals surface area contributed by atoms with Crippen LogP contribution in [0.15, 0.2) is 11.3 Å². The molecule has 1 N–H and O–H groups in total. The third-order valence-electron chi connectivity index (χ3n) is 5.64. The Morgan fingerprint density at radius 2 is 1.96 bits per heavy atom. The van der Waals surface area contributed by atoms with Crippen molar-refractivity contribution in [2.45, 2.75) is 64.6 Å². The maximum Gasteiger partial charge on any atom is 0.511 e. The van der Waals surface area contributed by atoms with E-state index in [1.165, 1.54) is 11.8 Å². The van der Waals surface area contributed by atoms with Gasteiger partial charge in [-0.05, 0) is 38.7 Å². The zero-order chi connectivity index (χ0) is 20.6. The van der Waals surface area contributed by atoms with Gasteiger partial charge in [-0.15, -0.1) is 0 Å². The Labute approximate surface area is 163 Å². The number of hydrogen-bond acceptors (Lipinski definition) is 8. The average Bonchev–Trinajstić information content (AvgIpc) is 2.92. The summed E-state index contributed by atoms with van der Waals surface area (Å²) < 4.78 is 20.4. The normalized spacial score (nSPS) is 30.8. The van der Waals surface area contributed by atoms with Crippen molar-refractivity contribution in [2.24, 2.45) is 11.8 Å². The number of ether oxygens (including phenoxy) is 4. The standard InChI is InChI=1S/C19H27NO8/c1-5-26-19(24)28-10(3)27-18(23)16-14-11(7-6-8-12(14)25-4)15-13(9(2)21)17(22)20(15)16/h9-13,15,21H,5-8H2,1-4H3. The van der Waals surface area contributed by atoms with Crippen molar-refractivity contribution >= 4 is 18.0 Å². The summed E-state index contributed by atoms with van der Waals surface area (Å²) in [5.41, 5.74) is 0.895. The molecule has 9 nitrogen and oxygen atoms in total. The second kappa shape index (κ2) is 8.08. The van der Waals surface area contributed by atoms with Crippen molar-refractivity contribution < 1.29 is 38.4 Å². The van der Waals surface area contributed by atoms with Gasteiger partial charge in [0, 0.05) is 20.0 Å². The Balaban J connectivity index is 1.85. The summed E-state index contributed by atoms with van der Waals surface area (Å²) in [6, 6.07) is -0.274. The number of amides is 1. The van der Waals surface area contributed by atoms with Crippen LogP contribution in [0.25, 0.3) is 0 Å². The molecule has 0 radical (unpaired) electrons. The summed E-state index contributed by atoms with van der Waals surface area (Å²) in [5, 5.41) is 10.0. The quantitative estimate of drug-likeness (QED) is 0.406. The number of hydrogen-bond donors (Lipinski definition) is 1. The third-order valence-corrected chi connectivity index (χ3v) is 5.64. The fourth-order valence-electron chi connectivity index (χ4n) is 4.59. The third kappa shape index (κ3) is 3.37. The Kier molecular flexibility index (Phi) is 5.95. The number of aliphatic hydroxyl groups excluding tert-OH is 1. The molecule has 1 saturated heterocycles. The van der Waals surface area contributed by atoms with Gasteiger partial charge in [0.25, 0.3) is 0 Å². The van der Waals surface area contributed by atoms with E-state index in [1.54, 1.807) is 21.0 Å². The van der Waals surface area contributed by atoms with Crippen LogP contribution in [-0.2, 0) is 28.5 Å². The molecule has 0 aromatic rings. The fourth-order valence-corrected chi connectivity index (χ4v) is 4.59. The lowest BCUT2D eigenvalue weighted by Crippen LogP contribution is -2.64. The monoisotopic (exact) mass is 397 g/mol.